The van der Waals surface area contributed by atoms with Gasteiger partial charge < -0.3 is 0 Å². The molecule has 0 saturated heterocycles. The summed E-state index contributed by atoms with van der Waals surface area (Å²) in [5, 5.41) is 0.854. The van der Waals surface area contributed by atoms with Gasteiger partial charge in [-0.3, -0.25) is 0 Å². The van der Waals surface area contributed by atoms with Gasteiger partial charge in [-0.05, 0) is 18.2 Å². The number of hydrogen-bond donors (Lipinski definition) is 0. The van der Waals surface area contributed by atoms with Gasteiger partial charge in [-0.2, -0.15) is 0 Å². The van der Waals surface area contributed by atoms with Crippen molar-refractivity contribution in [1.29, 1.82) is 0 Å². The van der Waals surface area contributed by atoms with Crippen LogP contribution in [0.1, 0.15) is 0 Å². The molecule has 2 aromatic carbocycles. The first-order chi connectivity index (χ1) is 7.20. The summed E-state index contributed by atoms with van der Waals surface area (Å²) in [6, 6.07) is 11.6. The van der Waals surface area contributed by atoms with Crippen molar-refractivity contribution in [3.63, 3.8) is 0 Å². The maximum atomic E-state index is 13.6. The van der Waals surface area contributed by atoms with Crippen LogP contribution >= 0.6 is 23.2 Å². The highest BCUT2D eigenvalue weighted by Crippen LogP contribution is 2.34. The molecule has 0 aliphatic heterocycles. The zero-order valence-corrected chi connectivity index (χ0v) is 9.19. The van der Waals surface area contributed by atoms with E-state index in [0.29, 0.717) is 21.2 Å². The minimum atomic E-state index is -0.365. The summed E-state index contributed by atoms with van der Waals surface area (Å²) in [6.45, 7) is 0. The van der Waals surface area contributed by atoms with E-state index in [1.165, 1.54) is 6.07 Å². The van der Waals surface area contributed by atoms with E-state index in [4.69, 9.17) is 23.2 Å². The van der Waals surface area contributed by atoms with E-state index in [2.05, 4.69) is 0 Å². The van der Waals surface area contributed by atoms with Gasteiger partial charge in [0.1, 0.15) is 5.82 Å². The molecule has 0 aliphatic rings. The van der Waals surface area contributed by atoms with Crippen molar-refractivity contribution in [2.75, 3.05) is 0 Å². The first kappa shape index (κ1) is 10.5. The largest absolute Gasteiger partial charge is 0.206 e. The highest BCUT2D eigenvalue weighted by atomic mass is 35.5. The summed E-state index contributed by atoms with van der Waals surface area (Å²) in [4.78, 5) is 0. The summed E-state index contributed by atoms with van der Waals surface area (Å²) in [7, 11) is 0. The fourth-order valence-corrected chi connectivity index (χ4v) is 1.91. The Labute approximate surface area is 97.3 Å². The average molecular weight is 241 g/mol. The van der Waals surface area contributed by atoms with Crippen LogP contribution in [0.15, 0.2) is 42.5 Å². The maximum absolute atomic E-state index is 13.6. The van der Waals surface area contributed by atoms with Gasteiger partial charge in [0.05, 0.1) is 5.02 Å². The Kier molecular flexibility index (Phi) is 2.94. The molecule has 0 radical (unpaired) electrons. The molecule has 2 aromatic rings. The Bertz CT molecular complexity index is 474. The second-order valence-electron chi connectivity index (χ2n) is 3.08. The fraction of sp³-hybridized carbons (Fsp3) is 0. The van der Waals surface area contributed by atoms with E-state index < -0.39 is 0 Å². The second kappa shape index (κ2) is 4.21. The zero-order chi connectivity index (χ0) is 10.8. The third kappa shape index (κ3) is 1.99. The molecule has 0 heterocycles. The summed E-state index contributed by atoms with van der Waals surface area (Å²) >= 11 is 11.9. The molecule has 0 unspecified atom stereocenters. The highest BCUT2D eigenvalue weighted by Gasteiger charge is 2.11. The number of hydrogen-bond acceptors (Lipinski definition) is 0. The first-order valence-corrected chi connectivity index (χ1v) is 5.14. The van der Waals surface area contributed by atoms with Crippen molar-refractivity contribution in [2.45, 2.75) is 0 Å². The minimum Gasteiger partial charge on any atom is -0.206 e. The molecule has 0 fully saturated rings. The molecule has 0 amide bonds. The highest BCUT2D eigenvalue weighted by molar-refractivity contribution is 6.36. The van der Waals surface area contributed by atoms with Gasteiger partial charge in [-0.25, -0.2) is 4.39 Å². The Morgan fingerprint density at radius 2 is 1.47 bits per heavy atom. The predicted octanol–water partition coefficient (Wildman–Crippen LogP) is 4.80. The van der Waals surface area contributed by atoms with Gasteiger partial charge >= 0.3 is 0 Å². The lowest BCUT2D eigenvalue weighted by atomic mass is 10.1. The summed E-state index contributed by atoms with van der Waals surface area (Å²) in [6.07, 6.45) is 0. The van der Waals surface area contributed by atoms with Crippen molar-refractivity contribution in [3.05, 3.63) is 58.3 Å². The molecule has 2 rings (SSSR count). The standard InChI is InChI=1S/C12H7Cl2F/c13-9-5-2-1-4-8(9)12-10(14)6-3-7-11(12)15/h1-7H. The quantitative estimate of drug-likeness (QED) is 0.672. The van der Waals surface area contributed by atoms with Crippen molar-refractivity contribution >= 4 is 23.2 Å². The molecule has 0 N–H and O–H groups in total. The lowest BCUT2D eigenvalue weighted by Crippen LogP contribution is -1.86. The zero-order valence-electron chi connectivity index (χ0n) is 7.68. The first-order valence-electron chi connectivity index (χ1n) is 4.39. The molecule has 76 valence electrons. The van der Waals surface area contributed by atoms with Crippen molar-refractivity contribution in [2.24, 2.45) is 0 Å². The summed E-state index contributed by atoms with van der Waals surface area (Å²) < 4.78 is 13.6. The van der Waals surface area contributed by atoms with Crippen LogP contribution in [-0.4, -0.2) is 0 Å². The lowest BCUT2D eigenvalue weighted by Gasteiger charge is -2.07. The Hall–Kier alpha value is -1.05. The molecule has 0 atom stereocenters. The minimum absolute atomic E-state index is 0.352. The Balaban J connectivity index is 2.69. The van der Waals surface area contributed by atoms with Crippen molar-refractivity contribution in [3.8, 4) is 11.1 Å². The second-order valence-corrected chi connectivity index (χ2v) is 3.89. The average Bonchev–Trinajstić information content (AvgIpc) is 2.20. The Morgan fingerprint density at radius 1 is 0.800 bits per heavy atom. The van der Waals surface area contributed by atoms with Gasteiger partial charge in [0.2, 0.25) is 0 Å². The molecule has 0 nitrogen and oxygen atoms in total. The fourth-order valence-electron chi connectivity index (χ4n) is 1.42. The summed E-state index contributed by atoms with van der Waals surface area (Å²) in [5.41, 5.74) is 0.965. The van der Waals surface area contributed by atoms with E-state index in [9.17, 15) is 4.39 Å². The molecule has 0 bridgehead atoms. The summed E-state index contributed by atoms with van der Waals surface area (Å²) in [5.74, 6) is -0.365. The molecule has 0 saturated carbocycles. The van der Waals surface area contributed by atoms with Gasteiger partial charge in [-0.15, -0.1) is 0 Å². The van der Waals surface area contributed by atoms with E-state index in [1.807, 2.05) is 0 Å². The molecule has 3 heteroatoms. The molecule has 15 heavy (non-hydrogen) atoms. The molecular weight excluding hydrogens is 234 g/mol. The third-order valence-electron chi connectivity index (χ3n) is 2.11. The van der Waals surface area contributed by atoms with Gasteiger partial charge in [0.25, 0.3) is 0 Å². The molecule has 0 aliphatic carbocycles. The van der Waals surface area contributed by atoms with Crippen LogP contribution in [0.3, 0.4) is 0 Å². The van der Waals surface area contributed by atoms with Gasteiger partial charge in [0.15, 0.2) is 0 Å². The number of benzene rings is 2. The normalized spacial score (nSPS) is 10.3. The van der Waals surface area contributed by atoms with Crippen LogP contribution in [-0.2, 0) is 0 Å². The molecule has 0 aromatic heterocycles. The molecule has 0 spiro atoms. The van der Waals surface area contributed by atoms with Crippen LogP contribution in [0.25, 0.3) is 11.1 Å². The SMILES string of the molecule is Fc1cccc(Cl)c1-c1ccccc1Cl. The van der Waals surface area contributed by atoms with Crippen LogP contribution in [0.4, 0.5) is 4.39 Å². The van der Waals surface area contributed by atoms with E-state index in [-0.39, 0.29) is 5.82 Å². The molecular formula is C12H7Cl2F. The smallest absolute Gasteiger partial charge is 0.132 e. The van der Waals surface area contributed by atoms with Crippen LogP contribution in [0.2, 0.25) is 10.0 Å². The van der Waals surface area contributed by atoms with Gasteiger partial charge in [-0.1, -0.05) is 47.5 Å². The maximum Gasteiger partial charge on any atom is 0.132 e. The topological polar surface area (TPSA) is 0 Å². The van der Waals surface area contributed by atoms with E-state index >= 15 is 0 Å². The predicted molar refractivity (Wildman–Crippen MR) is 61.9 cm³/mol. The van der Waals surface area contributed by atoms with Gasteiger partial charge in [0, 0.05) is 16.1 Å². The monoisotopic (exact) mass is 240 g/mol. The number of halogens is 3. The lowest BCUT2D eigenvalue weighted by molar-refractivity contribution is 0.631. The van der Waals surface area contributed by atoms with Crippen LogP contribution < -0.4 is 0 Å². The van der Waals surface area contributed by atoms with Crippen LogP contribution in [0.5, 0.6) is 0 Å². The third-order valence-corrected chi connectivity index (χ3v) is 2.75. The number of rotatable bonds is 1. The van der Waals surface area contributed by atoms with Crippen molar-refractivity contribution in [1.82, 2.24) is 0 Å². The van der Waals surface area contributed by atoms with E-state index in [0.717, 1.165) is 0 Å². The van der Waals surface area contributed by atoms with Crippen molar-refractivity contribution < 1.29 is 4.39 Å². The van der Waals surface area contributed by atoms with Crippen LogP contribution in [0, 0.1) is 5.82 Å². The Morgan fingerprint density at radius 3 is 2.13 bits per heavy atom. The van der Waals surface area contributed by atoms with E-state index in [1.54, 1.807) is 36.4 Å².